The molecule has 1 unspecified atom stereocenters. The van der Waals surface area contributed by atoms with E-state index in [-0.39, 0.29) is 6.61 Å². The molecule has 0 radical (unpaired) electrons. The molecule has 0 bridgehead atoms. The molecule has 1 heterocycles. The average molecular weight is 358 g/mol. The fourth-order valence-electron chi connectivity index (χ4n) is 2.07. The number of aryl methyl sites for hydroxylation is 1. The highest BCUT2D eigenvalue weighted by molar-refractivity contribution is 5.46. The number of halogens is 3. The van der Waals surface area contributed by atoms with Gasteiger partial charge in [0.15, 0.2) is 11.4 Å². The molecule has 0 saturated heterocycles. The number of nitrogens with zero attached hydrogens (tertiary/aromatic N) is 3. The zero-order valence-electron chi connectivity index (χ0n) is 14.3. The van der Waals surface area contributed by atoms with Gasteiger partial charge in [-0.3, -0.25) is 0 Å². The van der Waals surface area contributed by atoms with Crippen LogP contribution in [0.3, 0.4) is 0 Å². The predicted molar refractivity (Wildman–Crippen MR) is 86.3 cm³/mol. The van der Waals surface area contributed by atoms with Gasteiger partial charge in [0.2, 0.25) is 0 Å². The molecule has 2 rings (SSSR count). The molecule has 25 heavy (non-hydrogen) atoms. The van der Waals surface area contributed by atoms with E-state index in [1.807, 2.05) is 14.0 Å². The number of aromatic nitrogens is 3. The molecule has 1 aromatic heterocycles. The number of aliphatic hydroxyl groups is 1. The maximum Gasteiger partial charge on any atom is 0.418 e. The Hall–Kier alpha value is -2.29. The number of hydrogen-bond donors (Lipinski definition) is 2. The van der Waals surface area contributed by atoms with Crippen LogP contribution in [0, 0.1) is 6.92 Å². The summed E-state index contributed by atoms with van der Waals surface area (Å²) >= 11 is 0. The average Bonchev–Trinajstić information content (AvgIpc) is 2.89. The van der Waals surface area contributed by atoms with Crippen molar-refractivity contribution < 1.29 is 23.0 Å². The van der Waals surface area contributed by atoms with Crippen molar-refractivity contribution in [1.82, 2.24) is 14.8 Å². The Morgan fingerprint density at radius 2 is 1.84 bits per heavy atom. The van der Waals surface area contributed by atoms with Crippen LogP contribution >= 0.6 is 0 Å². The predicted octanol–water partition coefficient (Wildman–Crippen LogP) is 2.82. The van der Waals surface area contributed by atoms with Gasteiger partial charge in [-0.25, -0.2) is 0 Å². The summed E-state index contributed by atoms with van der Waals surface area (Å²) in [6, 6.07) is 6.43. The monoisotopic (exact) mass is 358 g/mol. The lowest BCUT2D eigenvalue weighted by atomic mass is 10.00. The summed E-state index contributed by atoms with van der Waals surface area (Å²) in [6.45, 7) is 2.73. The first-order chi connectivity index (χ1) is 11.7. The van der Waals surface area contributed by atoms with Gasteiger partial charge in [0, 0.05) is 12.7 Å². The fourth-order valence-corrected chi connectivity index (χ4v) is 2.07. The van der Waals surface area contributed by atoms with Gasteiger partial charge >= 0.3 is 6.18 Å². The van der Waals surface area contributed by atoms with Gasteiger partial charge < -0.3 is 19.7 Å². The Morgan fingerprint density at radius 1 is 1.20 bits per heavy atom. The van der Waals surface area contributed by atoms with Crippen molar-refractivity contribution >= 4 is 5.69 Å². The first-order valence-corrected chi connectivity index (χ1v) is 7.77. The lowest BCUT2D eigenvalue weighted by molar-refractivity contribution is -0.255. The van der Waals surface area contributed by atoms with E-state index >= 15 is 0 Å². The number of ether oxygens (including phenoxy) is 1. The molecular weight excluding hydrogens is 337 g/mol. The SMILES string of the molecule is CCC(O)(CNc1ccc(OCc2nnc(C)n2C)cc1)C(F)(F)F. The van der Waals surface area contributed by atoms with E-state index in [9.17, 15) is 18.3 Å². The minimum atomic E-state index is -4.69. The molecule has 0 fully saturated rings. The number of nitrogens with one attached hydrogen (secondary N) is 1. The number of anilines is 1. The number of hydrogen-bond acceptors (Lipinski definition) is 5. The maximum atomic E-state index is 12.8. The van der Waals surface area contributed by atoms with Crippen LogP contribution in [-0.4, -0.2) is 38.2 Å². The molecule has 0 amide bonds. The van der Waals surface area contributed by atoms with E-state index in [4.69, 9.17) is 4.74 Å². The lowest BCUT2D eigenvalue weighted by Crippen LogP contribution is -2.50. The number of benzene rings is 1. The Bertz CT molecular complexity index is 700. The van der Waals surface area contributed by atoms with Gasteiger partial charge in [0.1, 0.15) is 18.2 Å². The molecular formula is C16H21F3N4O2. The van der Waals surface area contributed by atoms with Crippen molar-refractivity contribution in [3.63, 3.8) is 0 Å². The lowest BCUT2D eigenvalue weighted by Gasteiger charge is -2.29. The van der Waals surface area contributed by atoms with E-state index in [1.54, 1.807) is 28.8 Å². The van der Waals surface area contributed by atoms with Crippen molar-refractivity contribution in [2.45, 2.75) is 38.7 Å². The van der Waals surface area contributed by atoms with Gasteiger partial charge in [-0.15, -0.1) is 10.2 Å². The van der Waals surface area contributed by atoms with Crippen molar-refractivity contribution in [3.05, 3.63) is 35.9 Å². The van der Waals surface area contributed by atoms with Crippen LogP contribution in [0.25, 0.3) is 0 Å². The topological polar surface area (TPSA) is 72.2 Å². The van der Waals surface area contributed by atoms with Crippen LogP contribution in [0.2, 0.25) is 0 Å². The Morgan fingerprint density at radius 3 is 2.32 bits per heavy atom. The Balaban J connectivity index is 1.92. The van der Waals surface area contributed by atoms with Gasteiger partial charge in [-0.1, -0.05) is 6.92 Å². The Kier molecular flexibility index (Phi) is 5.56. The van der Waals surface area contributed by atoms with E-state index in [0.29, 0.717) is 17.3 Å². The third kappa shape index (κ3) is 4.41. The second kappa shape index (κ2) is 7.30. The van der Waals surface area contributed by atoms with Gasteiger partial charge in [-0.05, 0) is 37.6 Å². The highest BCUT2D eigenvalue weighted by atomic mass is 19.4. The fraction of sp³-hybridized carbons (Fsp3) is 0.500. The molecule has 2 aromatic rings. The summed E-state index contributed by atoms with van der Waals surface area (Å²) in [5.41, 5.74) is -2.30. The van der Waals surface area contributed by atoms with Crippen LogP contribution in [0.1, 0.15) is 25.0 Å². The smallest absolute Gasteiger partial charge is 0.418 e. The third-order valence-electron chi connectivity index (χ3n) is 4.10. The molecule has 0 spiro atoms. The summed E-state index contributed by atoms with van der Waals surface area (Å²) < 4.78 is 45.9. The first-order valence-electron chi connectivity index (χ1n) is 7.77. The normalized spacial score (nSPS) is 14.2. The van der Waals surface area contributed by atoms with Crippen molar-refractivity contribution in [2.24, 2.45) is 7.05 Å². The second-order valence-corrected chi connectivity index (χ2v) is 5.77. The summed E-state index contributed by atoms with van der Waals surface area (Å²) in [4.78, 5) is 0. The van der Waals surface area contributed by atoms with E-state index in [2.05, 4.69) is 15.5 Å². The molecule has 1 aromatic carbocycles. The Labute approximate surface area is 143 Å². The molecule has 0 aliphatic heterocycles. The number of rotatable bonds is 7. The zero-order chi connectivity index (χ0) is 18.7. The largest absolute Gasteiger partial charge is 0.486 e. The summed E-state index contributed by atoms with van der Waals surface area (Å²) in [6.07, 6.45) is -5.12. The van der Waals surface area contributed by atoms with Crippen LogP contribution in [-0.2, 0) is 13.7 Å². The van der Waals surface area contributed by atoms with Crippen LogP contribution in [0.5, 0.6) is 5.75 Å². The second-order valence-electron chi connectivity index (χ2n) is 5.77. The number of alkyl halides is 3. The van der Waals surface area contributed by atoms with Gasteiger partial charge in [0.05, 0.1) is 6.54 Å². The molecule has 138 valence electrons. The van der Waals surface area contributed by atoms with Crippen molar-refractivity contribution in [3.8, 4) is 5.75 Å². The molecule has 0 saturated carbocycles. The molecule has 1 atom stereocenters. The minimum Gasteiger partial charge on any atom is -0.486 e. The van der Waals surface area contributed by atoms with E-state index in [0.717, 1.165) is 5.82 Å². The van der Waals surface area contributed by atoms with Crippen LogP contribution < -0.4 is 10.1 Å². The first kappa shape index (κ1) is 19.0. The van der Waals surface area contributed by atoms with Crippen molar-refractivity contribution in [1.29, 1.82) is 0 Å². The van der Waals surface area contributed by atoms with Gasteiger partial charge in [-0.2, -0.15) is 13.2 Å². The summed E-state index contributed by atoms with van der Waals surface area (Å²) in [5, 5.41) is 20.2. The summed E-state index contributed by atoms with van der Waals surface area (Å²) in [7, 11) is 1.83. The van der Waals surface area contributed by atoms with Crippen LogP contribution in [0.4, 0.5) is 18.9 Å². The zero-order valence-corrected chi connectivity index (χ0v) is 14.3. The maximum absolute atomic E-state index is 12.8. The molecule has 2 N–H and O–H groups in total. The third-order valence-corrected chi connectivity index (χ3v) is 4.10. The molecule has 0 aliphatic rings. The minimum absolute atomic E-state index is 0.230. The molecule has 6 nitrogen and oxygen atoms in total. The quantitative estimate of drug-likeness (QED) is 0.796. The van der Waals surface area contributed by atoms with Crippen molar-refractivity contribution in [2.75, 3.05) is 11.9 Å². The standard InChI is InChI=1S/C16H21F3N4O2/c1-4-15(24,16(17,18)19)10-20-12-5-7-13(8-6-12)25-9-14-22-21-11(2)23(14)3/h5-8,20,24H,4,9-10H2,1-3H3. The molecule has 9 heteroatoms. The highest BCUT2D eigenvalue weighted by Crippen LogP contribution is 2.33. The summed E-state index contributed by atoms with van der Waals surface area (Å²) in [5.74, 6) is 1.98. The highest BCUT2D eigenvalue weighted by Gasteiger charge is 2.52. The van der Waals surface area contributed by atoms with Crippen LogP contribution in [0.15, 0.2) is 24.3 Å². The molecule has 0 aliphatic carbocycles. The van der Waals surface area contributed by atoms with E-state index in [1.165, 1.54) is 6.92 Å². The van der Waals surface area contributed by atoms with E-state index < -0.39 is 24.7 Å². The van der Waals surface area contributed by atoms with Gasteiger partial charge in [0.25, 0.3) is 0 Å².